The molecule has 0 amide bonds. The van der Waals surface area contributed by atoms with Crippen molar-refractivity contribution in [3.8, 4) is 56.4 Å². The van der Waals surface area contributed by atoms with Crippen molar-refractivity contribution >= 4 is 43.5 Å². The highest BCUT2D eigenvalue weighted by atomic mass is 15.0. The van der Waals surface area contributed by atoms with Crippen molar-refractivity contribution in [3.05, 3.63) is 206 Å². The van der Waals surface area contributed by atoms with Gasteiger partial charge in [-0.15, -0.1) is 0 Å². The van der Waals surface area contributed by atoms with Crippen LogP contribution in [0.2, 0.25) is 0 Å². The molecule has 262 valence electrons. The van der Waals surface area contributed by atoms with E-state index in [0.717, 1.165) is 50.6 Å². The lowest BCUT2D eigenvalue weighted by molar-refractivity contribution is 1.13. The molecule has 0 radical (unpaired) electrons. The normalized spacial score (nSPS) is 11.6. The van der Waals surface area contributed by atoms with Gasteiger partial charge in [0.25, 0.3) is 0 Å². The van der Waals surface area contributed by atoms with Crippen molar-refractivity contribution in [3.63, 3.8) is 0 Å². The first-order valence-corrected chi connectivity index (χ1v) is 19.0. The topological polar surface area (TPSA) is 35.6 Å². The van der Waals surface area contributed by atoms with Crippen LogP contribution in [0.5, 0.6) is 0 Å². The first-order chi connectivity index (χ1) is 27.8. The Labute approximate surface area is 324 Å². The molecule has 0 aliphatic rings. The summed E-state index contributed by atoms with van der Waals surface area (Å²) < 4.78 is 4.75. The maximum Gasteiger partial charge on any atom is 0.160 e. The molecule has 8 aromatic carbocycles. The molecular formula is C52H34N4. The number of rotatable bonds is 6. The molecule has 4 heteroatoms. The van der Waals surface area contributed by atoms with Crippen LogP contribution in [-0.2, 0) is 0 Å². The largest absolute Gasteiger partial charge is 0.316 e. The number of aromatic nitrogens is 4. The molecule has 11 aromatic rings. The van der Waals surface area contributed by atoms with E-state index in [1.54, 1.807) is 0 Å². The smallest absolute Gasteiger partial charge is 0.160 e. The Morgan fingerprint density at radius 1 is 0.357 bits per heavy atom. The van der Waals surface area contributed by atoms with Gasteiger partial charge >= 0.3 is 0 Å². The highest BCUT2D eigenvalue weighted by Gasteiger charge is 2.19. The van der Waals surface area contributed by atoms with Gasteiger partial charge in [-0.25, -0.2) is 9.97 Å². The van der Waals surface area contributed by atoms with Gasteiger partial charge in [-0.3, -0.25) is 0 Å². The number of nitrogens with zero attached hydrogens (tertiary/aromatic N) is 4. The minimum absolute atomic E-state index is 0.698. The molecule has 3 heterocycles. The molecule has 0 unspecified atom stereocenters. The van der Waals surface area contributed by atoms with E-state index in [9.17, 15) is 0 Å². The second-order valence-electron chi connectivity index (χ2n) is 14.3. The maximum atomic E-state index is 5.11. The van der Waals surface area contributed by atoms with Crippen LogP contribution in [0.3, 0.4) is 0 Å². The van der Waals surface area contributed by atoms with Gasteiger partial charge in [-0.05, 0) is 71.1 Å². The van der Waals surface area contributed by atoms with Gasteiger partial charge in [-0.2, -0.15) is 0 Å². The third-order valence-electron chi connectivity index (χ3n) is 10.9. The van der Waals surface area contributed by atoms with Crippen LogP contribution >= 0.6 is 0 Å². The summed E-state index contributed by atoms with van der Waals surface area (Å²) >= 11 is 0. The number of hydrogen-bond donors (Lipinski definition) is 0. The SMILES string of the molecule is c1ccc(-c2cc(-c3ccccc3)nc(-c3cccc(-c4cccc(-n5c6ccccc6c6c7c(ccc8ccn(-c9ccccc9)c87)ccc65)c4)c3)n2)cc1. The van der Waals surface area contributed by atoms with Crippen molar-refractivity contribution in [2.24, 2.45) is 0 Å². The van der Waals surface area contributed by atoms with Crippen LogP contribution in [0.15, 0.2) is 206 Å². The van der Waals surface area contributed by atoms with E-state index >= 15 is 0 Å². The second kappa shape index (κ2) is 13.1. The van der Waals surface area contributed by atoms with Gasteiger partial charge in [0, 0.05) is 55.8 Å². The Hall–Kier alpha value is -7.56. The quantitative estimate of drug-likeness (QED) is 0.172. The Morgan fingerprint density at radius 2 is 0.929 bits per heavy atom. The molecule has 0 spiro atoms. The number of para-hydroxylation sites is 2. The summed E-state index contributed by atoms with van der Waals surface area (Å²) in [5, 5.41) is 6.21. The number of fused-ring (bicyclic) bond motifs is 7. The zero-order valence-electron chi connectivity index (χ0n) is 30.4. The minimum Gasteiger partial charge on any atom is -0.316 e. The van der Waals surface area contributed by atoms with Gasteiger partial charge in [0.05, 0.1) is 27.9 Å². The summed E-state index contributed by atoms with van der Waals surface area (Å²) in [5.74, 6) is 0.698. The van der Waals surface area contributed by atoms with Crippen LogP contribution in [0.25, 0.3) is 99.9 Å². The van der Waals surface area contributed by atoms with E-state index in [0.29, 0.717) is 5.82 Å². The maximum absolute atomic E-state index is 5.11. The summed E-state index contributed by atoms with van der Waals surface area (Å²) in [6, 6.07) is 71.0. The van der Waals surface area contributed by atoms with Crippen LogP contribution in [0.1, 0.15) is 0 Å². The van der Waals surface area contributed by atoms with Gasteiger partial charge < -0.3 is 9.13 Å². The van der Waals surface area contributed by atoms with E-state index in [4.69, 9.17) is 9.97 Å². The van der Waals surface area contributed by atoms with Gasteiger partial charge in [0.15, 0.2) is 5.82 Å². The summed E-state index contributed by atoms with van der Waals surface area (Å²) in [7, 11) is 0. The van der Waals surface area contributed by atoms with Crippen LogP contribution in [0.4, 0.5) is 0 Å². The summed E-state index contributed by atoms with van der Waals surface area (Å²) in [6.45, 7) is 0. The van der Waals surface area contributed by atoms with Crippen molar-refractivity contribution in [2.45, 2.75) is 0 Å². The second-order valence-corrected chi connectivity index (χ2v) is 14.3. The molecule has 11 rings (SSSR count). The monoisotopic (exact) mass is 714 g/mol. The fourth-order valence-corrected chi connectivity index (χ4v) is 8.33. The molecule has 3 aromatic heterocycles. The predicted octanol–water partition coefficient (Wildman–Crippen LogP) is 13.3. The van der Waals surface area contributed by atoms with E-state index < -0.39 is 0 Å². The zero-order chi connectivity index (χ0) is 37.0. The highest BCUT2D eigenvalue weighted by Crippen LogP contribution is 2.41. The molecule has 0 aliphatic heterocycles. The Bertz CT molecular complexity index is 3170. The fraction of sp³-hybridized carbons (Fsp3) is 0. The summed E-state index contributed by atoms with van der Waals surface area (Å²) in [4.78, 5) is 10.2. The lowest BCUT2D eigenvalue weighted by Gasteiger charge is -2.13. The van der Waals surface area contributed by atoms with E-state index in [1.807, 2.05) is 12.1 Å². The molecule has 0 N–H and O–H groups in total. The van der Waals surface area contributed by atoms with Gasteiger partial charge in [0.1, 0.15) is 0 Å². The Balaban J connectivity index is 1.07. The van der Waals surface area contributed by atoms with Crippen LogP contribution < -0.4 is 0 Å². The summed E-state index contributed by atoms with van der Waals surface area (Å²) in [6.07, 6.45) is 2.19. The third kappa shape index (κ3) is 5.31. The van der Waals surface area contributed by atoms with E-state index in [-0.39, 0.29) is 0 Å². The van der Waals surface area contributed by atoms with Crippen LogP contribution in [-0.4, -0.2) is 19.1 Å². The first-order valence-electron chi connectivity index (χ1n) is 19.0. The molecule has 4 nitrogen and oxygen atoms in total. The molecule has 0 fully saturated rings. The standard InChI is InChI=1S/C52H34N4/c1-4-14-35(15-5-1)45-34-46(36-16-6-2-7-17-36)54-52(53-45)41-20-12-18-39(32-41)40-19-13-23-43(33-40)56-47-25-11-10-24-44(47)50-48(56)29-28-37-26-27-38-30-31-55(51(38)49(37)50)42-21-8-3-9-22-42/h1-34H. The van der Waals surface area contributed by atoms with Crippen LogP contribution in [0, 0.1) is 0 Å². The molecule has 0 saturated carbocycles. The van der Waals surface area contributed by atoms with Crippen molar-refractivity contribution in [1.82, 2.24) is 19.1 Å². The predicted molar refractivity (Wildman–Crippen MR) is 232 cm³/mol. The lowest BCUT2D eigenvalue weighted by Crippen LogP contribution is -1.96. The Kier molecular flexibility index (Phi) is 7.46. The third-order valence-corrected chi connectivity index (χ3v) is 10.9. The van der Waals surface area contributed by atoms with E-state index in [2.05, 4.69) is 203 Å². The lowest BCUT2D eigenvalue weighted by atomic mass is 10.0. The zero-order valence-corrected chi connectivity index (χ0v) is 30.4. The highest BCUT2D eigenvalue weighted by molar-refractivity contribution is 6.27. The van der Waals surface area contributed by atoms with Gasteiger partial charge in [-0.1, -0.05) is 146 Å². The van der Waals surface area contributed by atoms with Crippen molar-refractivity contribution in [1.29, 1.82) is 0 Å². The number of benzene rings is 8. The molecular weight excluding hydrogens is 681 g/mol. The first kappa shape index (κ1) is 31.9. The molecule has 0 bridgehead atoms. The molecule has 56 heavy (non-hydrogen) atoms. The van der Waals surface area contributed by atoms with Crippen molar-refractivity contribution < 1.29 is 0 Å². The Morgan fingerprint density at radius 3 is 1.68 bits per heavy atom. The van der Waals surface area contributed by atoms with Gasteiger partial charge in [0.2, 0.25) is 0 Å². The van der Waals surface area contributed by atoms with E-state index in [1.165, 1.54) is 43.5 Å². The molecule has 0 atom stereocenters. The summed E-state index contributed by atoms with van der Waals surface area (Å²) in [5.41, 5.74) is 13.0. The number of hydrogen-bond acceptors (Lipinski definition) is 2. The molecule has 0 aliphatic carbocycles. The van der Waals surface area contributed by atoms with Crippen molar-refractivity contribution in [2.75, 3.05) is 0 Å². The average Bonchev–Trinajstić information content (AvgIpc) is 3.87. The fourth-order valence-electron chi connectivity index (χ4n) is 8.33. The minimum atomic E-state index is 0.698. The average molecular weight is 715 g/mol. The molecule has 0 saturated heterocycles.